The Hall–Kier alpha value is -1.55. The van der Waals surface area contributed by atoms with Gasteiger partial charge in [-0.3, -0.25) is 0 Å². The Kier molecular flexibility index (Phi) is 4.20. The maximum atomic E-state index is 4.49. The number of benzene rings is 1. The number of halogens is 1. The number of nitrogens with zero attached hydrogens (tertiary/aromatic N) is 1. The molecule has 0 unspecified atom stereocenters. The van der Waals surface area contributed by atoms with Crippen molar-refractivity contribution in [1.29, 1.82) is 0 Å². The number of hydrogen-bond acceptors (Lipinski definition) is 3. The van der Waals surface area contributed by atoms with Crippen LogP contribution in [-0.2, 0) is 0 Å². The normalized spacial score (nSPS) is 10.2. The van der Waals surface area contributed by atoms with Gasteiger partial charge in [-0.25, -0.2) is 4.98 Å². The number of pyridine rings is 1. The number of nitrogens with one attached hydrogen (secondary N) is 2. The monoisotopic (exact) mass is 305 g/mol. The van der Waals surface area contributed by atoms with Crippen LogP contribution in [0.1, 0.15) is 12.5 Å². The minimum Gasteiger partial charge on any atom is -0.370 e. The van der Waals surface area contributed by atoms with Crippen LogP contribution in [0.15, 0.2) is 40.9 Å². The number of rotatable bonds is 4. The van der Waals surface area contributed by atoms with Crippen LogP contribution in [0.25, 0.3) is 0 Å². The van der Waals surface area contributed by atoms with E-state index in [0.717, 1.165) is 28.3 Å². The van der Waals surface area contributed by atoms with Crippen molar-refractivity contribution in [2.45, 2.75) is 13.8 Å². The first kappa shape index (κ1) is 12.9. The summed E-state index contributed by atoms with van der Waals surface area (Å²) in [7, 11) is 0. The van der Waals surface area contributed by atoms with Crippen LogP contribution in [0.3, 0.4) is 0 Å². The Morgan fingerprint density at radius 3 is 2.61 bits per heavy atom. The molecule has 2 rings (SSSR count). The van der Waals surface area contributed by atoms with Crippen LogP contribution in [0.4, 0.5) is 17.3 Å². The number of hydrogen-bond donors (Lipinski definition) is 2. The second kappa shape index (κ2) is 5.87. The molecule has 1 aromatic carbocycles. The molecule has 0 bridgehead atoms. The predicted molar refractivity (Wildman–Crippen MR) is 80.6 cm³/mol. The highest BCUT2D eigenvalue weighted by molar-refractivity contribution is 9.10. The summed E-state index contributed by atoms with van der Waals surface area (Å²) in [5, 5.41) is 6.53. The van der Waals surface area contributed by atoms with Crippen molar-refractivity contribution in [3.63, 3.8) is 0 Å². The molecule has 0 atom stereocenters. The molecule has 0 aliphatic carbocycles. The minimum absolute atomic E-state index is 0.842. The largest absolute Gasteiger partial charge is 0.370 e. The molecular weight excluding hydrogens is 290 g/mol. The lowest BCUT2D eigenvalue weighted by Gasteiger charge is -2.11. The SMILES string of the molecule is CCNc1cccc(Nc2cccc(Br)c2C)n1. The van der Waals surface area contributed by atoms with Gasteiger partial charge < -0.3 is 10.6 Å². The van der Waals surface area contributed by atoms with Crippen LogP contribution >= 0.6 is 15.9 Å². The minimum atomic E-state index is 0.842. The maximum Gasteiger partial charge on any atom is 0.132 e. The number of aromatic nitrogens is 1. The summed E-state index contributed by atoms with van der Waals surface area (Å²) in [6, 6.07) is 12.0. The maximum absolute atomic E-state index is 4.49. The van der Waals surface area contributed by atoms with Gasteiger partial charge in [0.2, 0.25) is 0 Å². The summed E-state index contributed by atoms with van der Waals surface area (Å²) in [5.74, 6) is 1.73. The van der Waals surface area contributed by atoms with E-state index in [1.165, 1.54) is 5.56 Å². The van der Waals surface area contributed by atoms with Gasteiger partial charge in [-0.2, -0.15) is 0 Å². The van der Waals surface area contributed by atoms with Crippen molar-refractivity contribution in [2.75, 3.05) is 17.2 Å². The molecule has 4 heteroatoms. The van der Waals surface area contributed by atoms with E-state index < -0.39 is 0 Å². The zero-order chi connectivity index (χ0) is 13.0. The van der Waals surface area contributed by atoms with E-state index in [4.69, 9.17) is 0 Å². The van der Waals surface area contributed by atoms with Gasteiger partial charge in [0.1, 0.15) is 11.6 Å². The van der Waals surface area contributed by atoms with Crippen molar-refractivity contribution < 1.29 is 0 Å². The van der Waals surface area contributed by atoms with Crippen molar-refractivity contribution in [3.05, 3.63) is 46.4 Å². The Morgan fingerprint density at radius 2 is 1.83 bits per heavy atom. The van der Waals surface area contributed by atoms with Crippen LogP contribution in [0.2, 0.25) is 0 Å². The van der Waals surface area contributed by atoms with Crippen molar-refractivity contribution in [1.82, 2.24) is 4.98 Å². The number of anilines is 3. The Balaban J connectivity index is 2.23. The molecule has 0 amide bonds. The van der Waals surface area contributed by atoms with Crippen LogP contribution in [0.5, 0.6) is 0 Å². The Labute approximate surface area is 116 Å². The fraction of sp³-hybridized carbons (Fsp3) is 0.214. The van der Waals surface area contributed by atoms with Crippen molar-refractivity contribution >= 4 is 33.3 Å². The molecule has 2 N–H and O–H groups in total. The second-order valence-electron chi connectivity index (χ2n) is 3.98. The van der Waals surface area contributed by atoms with Crippen LogP contribution in [-0.4, -0.2) is 11.5 Å². The summed E-state index contributed by atoms with van der Waals surface area (Å²) in [4.78, 5) is 4.49. The zero-order valence-corrected chi connectivity index (χ0v) is 12.1. The topological polar surface area (TPSA) is 37.0 Å². The van der Waals surface area contributed by atoms with Gasteiger partial charge >= 0.3 is 0 Å². The molecule has 1 aromatic heterocycles. The van der Waals surface area contributed by atoms with E-state index in [2.05, 4.69) is 45.4 Å². The van der Waals surface area contributed by atoms with Crippen LogP contribution < -0.4 is 10.6 Å². The van der Waals surface area contributed by atoms with Gasteiger partial charge in [0.05, 0.1) is 0 Å². The van der Waals surface area contributed by atoms with Crippen molar-refractivity contribution in [3.8, 4) is 0 Å². The van der Waals surface area contributed by atoms with E-state index in [1.54, 1.807) is 0 Å². The molecule has 1 heterocycles. The molecule has 0 spiro atoms. The van der Waals surface area contributed by atoms with E-state index in [0.29, 0.717) is 0 Å². The third-order valence-electron chi connectivity index (χ3n) is 2.64. The molecule has 0 fully saturated rings. The predicted octanol–water partition coefficient (Wildman–Crippen LogP) is 4.33. The third-order valence-corrected chi connectivity index (χ3v) is 3.50. The summed E-state index contributed by atoms with van der Waals surface area (Å²) >= 11 is 3.53. The first-order valence-corrected chi connectivity index (χ1v) is 6.73. The van der Waals surface area contributed by atoms with Crippen molar-refractivity contribution in [2.24, 2.45) is 0 Å². The highest BCUT2D eigenvalue weighted by atomic mass is 79.9. The highest BCUT2D eigenvalue weighted by Crippen LogP contribution is 2.26. The van der Waals surface area contributed by atoms with Gasteiger partial charge in [-0.1, -0.05) is 28.1 Å². The summed E-state index contributed by atoms with van der Waals surface area (Å²) in [6.45, 7) is 4.99. The summed E-state index contributed by atoms with van der Waals surface area (Å²) in [5.41, 5.74) is 2.23. The Morgan fingerprint density at radius 1 is 1.11 bits per heavy atom. The summed E-state index contributed by atoms with van der Waals surface area (Å²) < 4.78 is 1.09. The fourth-order valence-corrected chi connectivity index (χ4v) is 2.03. The van der Waals surface area contributed by atoms with Gasteiger partial charge in [0.15, 0.2) is 0 Å². The molecule has 0 saturated heterocycles. The molecular formula is C14H16BrN3. The highest BCUT2D eigenvalue weighted by Gasteiger charge is 2.03. The first-order valence-electron chi connectivity index (χ1n) is 5.93. The standard InChI is InChI=1S/C14H16BrN3/c1-3-16-13-8-5-9-14(18-13)17-12-7-4-6-11(15)10(12)2/h4-9H,3H2,1-2H3,(H2,16,17,18). The quantitative estimate of drug-likeness (QED) is 0.883. The lowest BCUT2D eigenvalue weighted by Crippen LogP contribution is -2.01. The molecule has 0 saturated carbocycles. The molecule has 0 radical (unpaired) electrons. The van der Waals surface area contributed by atoms with Gasteiger partial charge in [0, 0.05) is 16.7 Å². The molecule has 0 aliphatic rings. The second-order valence-corrected chi connectivity index (χ2v) is 4.83. The first-order chi connectivity index (χ1) is 8.70. The van der Waals surface area contributed by atoms with Crippen LogP contribution in [0, 0.1) is 6.92 Å². The Bertz CT molecular complexity index is 540. The molecule has 3 nitrogen and oxygen atoms in total. The van der Waals surface area contributed by atoms with Gasteiger partial charge in [0.25, 0.3) is 0 Å². The van der Waals surface area contributed by atoms with Gasteiger partial charge in [-0.15, -0.1) is 0 Å². The lowest BCUT2D eigenvalue weighted by atomic mass is 10.2. The van der Waals surface area contributed by atoms with E-state index in [9.17, 15) is 0 Å². The smallest absolute Gasteiger partial charge is 0.132 e. The zero-order valence-electron chi connectivity index (χ0n) is 10.5. The summed E-state index contributed by atoms with van der Waals surface area (Å²) in [6.07, 6.45) is 0. The molecule has 2 aromatic rings. The van der Waals surface area contributed by atoms with Gasteiger partial charge in [-0.05, 0) is 43.7 Å². The van der Waals surface area contributed by atoms with E-state index in [1.807, 2.05) is 36.4 Å². The average molecular weight is 306 g/mol. The average Bonchev–Trinajstić information content (AvgIpc) is 2.36. The lowest BCUT2D eigenvalue weighted by molar-refractivity contribution is 1.16. The van der Waals surface area contributed by atoms with E-state index in [-0.39, 0.29) is 0 Å². The molecule has 94 valence electrons. The van der Waals surface area contributed by atoms with E-state index >= 15 is 0 Å². The third kappa shape index (κ3) is 3.01. The fourth-order valence-electron chi connectivity index (χ4n) is 1.66. The molecule has 0 aliphatic heterocycles. The molecule has 18 heavy (non-hydrogen) atoms.